The molecule has 2 aromatic heterocycles. The summed E-state index contributed by atoms with van der Waals surface area (Å²) >= 11 is 0. The van der Waals surface area contributed by atoms with E-state index in [0.29, 0.717) is 18.0 Å². The van der Waals surface area contributed by atoms with Crippen molar-refractivity contribution < 1.29 is 19.1 Å². The number of carboxylic acid groups (broad SMARTS) is 1. The van der Waals surface area contributed by atoms with E-state index in [0.717, 1.165) is 52.7 Å². The van der Waals surface area contributed by atoms with Gasteiger partial charge in [0.2, 0.25) is 5.71 Å². The molecule has 1 aliphatic carbocycles. The average molecular weight is 470 g/mol. The van der Waals surface area contributed by atoms with Crippen molar-refractivity contribution in [2.75, 3.05) is 11.9 Å². The van der Waals surface area contributed by atoms with Gasteiger partial charge in [0, 0.05) is 17.2 Å². The highest BCUT2D eigenvalue weighted by Crippen LogP contribution is 2.43. The molecule has 0 bridgehead atoms. The van der Waals surface area contributed by atoms with Crippen LogP contribution < -0.4 is 5.32 Å². The first-order valence-corrected chi connectivity index (χ1v) is 11.8. The number of hydrogen-bond acceptors (Lipinski definition) is 6. The highest BCUT2D eigenvalue weighted by Gasteiger charge is 2.27. The van der Waals surface area contributed by atoms with Gasteiger partial charge in [-0.25, -0.2) is 14.8 Å². The van der Waals surface area contributed by atoms with Gasteiger partial charge in [-0.1, -0.05) is 67.3 Å². The number of furan rings is 1. The van der Waals surface area contributed by atoms with E-state index in [2.05, 4.69) is 34.0 Å². The Morgan fingerprint density at radius 3 is 2.66 bits per heavy atom. The molecule has 1 aliphatic rings. The lowest BCUT2D eigenvalue weighted by Gasteiger charge is -2.29. The minimum atomic E-state index is -0.948. The maximum atomic E-state index is 10.9. The molecule has 1 fully saturated rings. The minimum Gasteiger partial charge on any atom is -0.480 e. The molecule has 2 heterocycles. The molecule has 0 amide bonds. The number of aliphatic carboxylic acids is 1. The molecule has 0 radical (unpaired) electrons. The second-order valence-corrected chi connectivity index (χ2v) is 8.74. The number of carbonyl (C=O) groups is 1. The Hall–Kier alpha value is -3.97. The number of nitrogens with zero attached hydrogens (tertiary/aromatic N) is 2. The molecular formula is C28H27N3O4. The van der Waals surface area contributed by atoms with Crippen molar-refractivity contribution in [3.63, 3.8) is 0 Å². The summed E-state index contributed by atoms with van der Waals surface area (Å²) in [6.45, 7) is 3.58. The van der Waals surface area contributed by atoms with Crippen LogP contribution in [-0.2, 0) is 9.53 Å². The predicted molar refractivity (Wildman–Crippen MR) is 136 cm³/mol. The van der Waals surface area contributed by atoms with Crippen LogP contribution >= 0.6 is 0 Å². The van der Waals surface area contributed by atoms with E-state index in [1.807, 2.05) is 48.5 Å². The topological polar surface area (TPSA) is 97.5 Å². The highest BCUT2D eigenvalue weighted by atomic mass is 16.5. The van der Waals surface area contributed by atoms with E-state index in [1.165, 1.54) is 6.33 Å². The summed E-state index contributed by atoms with van der Waals surface area (Å²) in [5.74, 6) is 0.492. The summed E-state index contributed by atoms with van der Waals surface area (Å²) in [5, 5.41) is 13.4. The van der Waals surface area contributed by atoms with Gasteiger partial charge >= 0.3 is 5.97 Å². The summed E-state index contributed by atoms with van der Waals surface area (Å²) in [5.41, 5.74) is 4.43. The fraction of sp³-hybridized carbons (Fsp3) is 0.250. The molecule has 7 heteroatoms. The molecule has 2 aromatic carbocycles. The van der Waals surface area contributed by atoms with Crippen LogP contribution in [0.5, 0.6) is 0 Å². The van der Waals surface area contributed by atoms with Gasteiger partial charge in [-0.05, 0) is 36.8 Å². The summed E-state index contributed by atoms with van der Waals surface area (Å²) in [7, 11) is 0. The third kappa shape index (κ3) is 4.95. The first kappa shape index (κ1) is 22.8. The highest BCUT2D eigenvalue weighted by molar-refractivity contribution is 6.06. The molecule has 0 aliphatic heterocycles. The van der Waals surface area contributed by atoms with Crippen molar-refractivity contribution in [1.29, 1.82) is 0 Å². The summed E-state index contributed by atoms with van der Waals surface area (Å²) in [4.78, 5) is 20.0. The number of aromatic nitrogens is 2. The second-order valence-electron chi connectivity index (χ2n) is 8.74. The Labute approximate surface area is 203 Å². The fourth-order valence-electron chi connectivity index (χ4n) is 4.71. The van der Waals surface area contributed by atoms with Crippen molar-refractivity contribution in [3.8, 4) is 22.5 Å². The van der Waals surface area contributed by atoms with Crippen molar-refractivity contribution in [2.24, 2.45) is 0 Å². The van der Waals surface area contributed by atoms with E-state index in [-0.39, 0.29) is 18.8 Å². The van der Waals surface area contributed by atoms with Crippen molar-refractivity contribution in [2.45, 2.75) is 37.8 Å². The van der Waals surface area contributed by atoms with Gasteiger partial charge in [0.25, 0.3) is 0 Å². The standard InChI is InChI=1S/C28H27N3O4/c1-2-18-11-13-19(14-12-18)24-25-27(31-21-9-6-10-22(15-21)34-16-23(32)33)29-17-30-28(25)35-26(24)20-7-4-3-5-8-20/h2-5,7-8,11-14,17,21-22H,1,6,9-10,15-16H2,(H,32,33)(H,29,30,31)/t21-,22-/m0/s1. The van der Waals surface area contributed by atoms with Gasteiger partial charge in [0.05, 0.1) is 11.5 Å². The number of benzene rings is 2. The SMILES string of the molecule is C=Cc1ccc(-c2c(-c3ccccc3)oc3ncnc(N[C@H]4CCC[C@H](OCC(=O)O)C4)c23)cc1. The number of hydrogen-bond donors (Lipinski definition) is 2. The van der Waals surface area contributed by atoms with E-state index >= 15 is 0 Å². The van der Waals surface area contributed by atoms with Crippen molar-refractivity contribution in [1.82, 2.24) is 9.97 Å². The molecule has 178 valence electrons. The van der Waals surface area contributed by atoms with Gasteiger partial charge in [-0.3, -0.25) is 0 Å². The third-order valence-electron chi connectivity index (χ3n) is 6.37. The monoisotopic (exact) mass is 469 g/mol. The maximum Gasteiger partial charge on any atom is 0.329 e. The Morgan fingerprint density at radius 2 is 1.91 bits per heavy atom. The van der Waals surface area contributed by atoms with Gasteiger partial charge < -0.3 is 19.6 Å². The molecule has 1 saturated carbocycles. The number of anilines is 1. The quantitative estimate of drug-likeness (QED) is 0.325. The molecule has 35 heavy (non-hydrogen) atoms. The first-order valence-electron chi connectivity index (χ1n) is 11.8. The first-order chi connectivity index (χ1) is 17.1. The van der Waals surface area contributed by atoms with Crippen LogP contribution in [0.2, 0.25) is 0 Å². The van der Waals surface area contributed by atoms with E-state index in [1.54, 1.807) is 0 Å². The smallest absolute Gasteiger partial charge is 0.329 e. The number of fused-ring (bicyclic) bond motifs is 1. The molecule has 0 spiro atoms. The number of nitrogens with one attached hydrogen (secondary N) is 1. The van der Waals surface area contributed by atoms with Gasteiger partial charge in [0.1, 0.15) is 24.5 Å². The molecule has 5 rings (SSSR count). The average Bonchev–Trinajstić information content (AvgIpc) is 3.29. The zero-order chi connectivity index (χ0) is 24.2. The van der Waals surface area contributed by atoms with Crippen molar-refractivity contribution in [3.05, 3.63) is 73.1 Å². The van der Waals surface area contributed by atoms with Crippen LogP contribution in [0.15, 0.2) is 71.9 Å². The van der Waals surface area contributed by atoms with E-state index < -0.39 is 5.97 Å². The van der Waals surface area contributed by atoms with Gasteiger partial charge in [0.15, 0.2) is 0 Å². The number of ether oxygens (including phenoxy) is 1. The summed E-state index contributed by atoms with van der Waals surface area (Å²) in [6, 6.07) is 18.2. The largest absolute Gasteiger partial charge is 0.480 e. The Balaban J connectivity index is 1.56. The fourth-order valence-corrected chi connectivity index (χ4v) is 4.71. The lowest BCUT2D eigenvalue weighted by atomic mass is 9.92. The summed E-state index contributed by atoms with van der Waals surface area (Å²) < 4.78 is 11.9. The zero-order valence-corrected chi connectivity index (χ0v) is 19.3. The molecule has 0 saturated heterocycles. The van der Waals surface area contributed by atoms with Crippen LogP contribution in [0.4, 0.5) is 5.82 Å². The Bertz CT molecular complexity index is 1330. The maximum absolute atomic E-state index is 10.9. The molecule has 2 N–H and O–H groups in total. The van der Waals surface area contributed by atoms with Crippen LogP contribution in [-0.4, -0.2) is 39.8 Å². The van der Waals surface area contributed by atoms with Crippen LogP contribution in [0.3, 0.4) is 0 Å². The van der Waals surface area contributed by atoms with E-state index in [4.69, 9.17) is 14.3 Å². The Kier molecular flexibility index (Phi) is 6.59. The number of rotatable bonds is 8. The Morgan fingerprint density at radius 1 is 1.11 bits per heavy atom. The second kappa shape index (κ2) is 10.1. The van der Waals surface area contributed by atoms with Crippen LogP contribution in [0.25, 0.3) is 39.6 Å². The van der Waals surface area contributed by atoms with Crippen LogP contribution in [0.1, 0.15) is 31.2 Å². The molecule has 4 aromatic rings. The van der Waals surface area contributed by atoms with Crippen LogP contribution in [0, 0.1) is 0 Å². The van der Waals surface area contributed by atoms with Gasteiger partial charge in [-0.2, -0.15) is 0 Å². The van der Waals surface area contributed by atoms with E-state index in [9.17, 15) is 4.79 Å². The predicted octanol–water partition coefficient (Wildman–Crippen LogP) is 6.02. The normalized spacial score (nSPS) is 17.8. The molecule has 2 atom stereocenters. The van der Waals surface area contributed by atoms with Crippen molar-refractivity contribution >= 4 is 29.0 Å². The third-order valence-corrected chi connectivity index (χ3v) is 6.37. The minimum absolute atomic E-state index is 0.0928. The summed E-state index contributed by atoms with van der Waals surface area (Å²) in [6.07, 6.45) is 6.70. The van der Waals surface area contributed by atoms with Gasteiger partial charge in [-0.15, -0.1) is 0 Å². The lowest BCUT2D eigenvalue weighted by molar-refractivity contribution is -0.145. The molecule has 7 nitrogen and oxygen atoms in total. The zero-order valence-electron chi connectivity index (χ0n) is 19.3. The molecule has 0 unspecified atom stereocenters. The lowest BCUT2D eigenvalue weighted by Crippen LogP contribution is -2.33. The molecular weight excluding hydrogens is 442 g/mol. The number of carboxylic acids is 1.